The van der Waals surface area contributed by atoms with Crippen molar-refractivity contribution in [2.45, 2.75) is 25.9 Å². The Morgan fingerprint density at radius 1 is 0.971 bits per heavy atom. The van der Waals surface area contributed by atoms with Crippen LogP contribution in [0, 0.1) is 5.82 Å². The highest BCUT2D eigenvalue weighted by molar-refractivity contribution is 7.09. The van der Waals surface area contributed by atoms with E-state index in [-0.39, 0.29) is 24.2 Å². The molecule has 5 nitrogen and oxygen atoms in total. The molecule has 184 valence electrons. The van der Waals surface area contributed by atoms with Gasteiger partial charge in [0.05, 0.1) is 6.54 Å². The Balaban J connectivity index is 1.52. The molecule has 0 spiro atoms. The van der Waals surface area contributed by atoms with Crippen LogP contribution in [0.3, 0.4) is 0 Å². The average molecular weight is 514 g/mol. The van der Waals surface area contributed by atoms with Gasteiger partial charge in [-0.25, -0.2) is 4.39 Å². The van der Waals surface area contributed by atoms with Gasteiger partial charge in [0.15, 0.2) is 0 Å². The standard InChI is InChI=1S/C27H29ClFN3O2S/c28-23-6-3-5-22(17-23)27(34)31(15-14-30-12-1-2-13-30)20-26(33)32(19-25-7-4-16-35-25)18-21-8-10-24(29)11-9-21/h3-11,16-17H,1-2,12-15,18-20H2. The molecule has 0 saturated carbocycles. The van der Waals surface area contributed by atoms with E-state index in [1.807, 2.05) is 17.5 Å². The Morgan fingerprint density at radius 3 is 2.43 bits per heavy atom. The lowest BCUT2D eigenvalue weighted by Gasteiger charge is -2.29. The average Bonchev–Trinajstić information content (AvgIpc) is 3.56. The highest BCUT2D eigenvalue weighted by Gasteiger charge is 2.24. The molecular formula is C27H29ClFN3O2S. The van der Waals surface area contributed by atoms with Gasteiger partial charge in [-0.15, -0.1) is 11.3 Å². The van der Waals surface area contributed by atoms with Gasteiger partial charge in [0.2, 0.25) is 5.91 Å². The molecule has 0 unspecified atom stereocenters. The number of amides is 2. The predicted molar refractivity (Wildman–Crippen MR) is 138 cm³/mol. The zero-order valence-electron chi connectivity index (χ0n) is 19.5. The van der Waals surface area contributed by atoms with Crippen molar-refractivity contribution in [3.8, 4) is 0 Å². The van der Waals surface area contributed by atoms with Crippen LogP contribution in [-0.2, 0) is 17.9 Å². The van der Waals surface area contributed by atoms with Gasteiger partial charge in [-0.05, 0) is 73.3 Å². The molecule has 1 fully saturated rings. The number of rotatable bonds is 10. The maximum absolute atomic E-state index is 13.6. The van der Waals surface area contributed by atoms with E-state index in [0.717, 1.165) is 42.9 Å². The fraction of sp³-hybridized carbons (Fsp3) is 0.333. The third-order valence-electron chi connectivity index (χ3n) is 6.14. The molecule has 8 heteroatoms. The van der Waals surface area contributed by atoms with Gasteiger partial charge in [-0.3, -0.25) is 9.59 Å². The molecule has 0 radical (unpaired) electrons. The van der Waals surface area contributed by atoms with E-state index < -0.39 is 0 Å². The molecule has 3 aromatic rings. The van der Waals surface area contributed by atoms with Crippen molar-refractivity contribution in [2.24, 2.45) is 0 Å². The van der Waals surface area contributed by atoms with Crippen molar-refractivity contribution in [3.05, 3.63) is 92.9 Å². The van der Waals surface area contributed by atoms with Gasteiger partial charge >= 0.3 is 0 Å². The summed E-state index contributed by atoms with van der Waals surface area (Å²) >= 11 is 7.71. The van der Waals surface area contributed by atoms with Gasteiger partial charge < -0.3 is 14.7 Å². The Kier molecular flexibility index (Phi) is 8.90. The first kappa shape index (κ1) is 25.4. The molecule has 0 N–H and O–H groups in total. The summed E-state index contributed by atoms with van der Waals surface area (Å²) in [6, 6.07) is 16.9. The third kappa shape index (κ3) is 7.37. The van der Waals surface area contributed by atoms with Crippen molar-refractivity contribution < 1.29 is 14.0 Å². The van der Waals surface area contributed by atoms with E-state index in [0.29, 0.717) is 30.2 Å². The molecule has 1 aliphatic rings. The SMILES string of the molecule is O=C(CN(CCN1CCCC1)C(=O)c1cccc(Cl)c1)N(Cc1ccc(F)cc1)Cc1cccs1. The van der Waals surface area contributed by atoms with Crippen LogP contribution in [0.25, 0.3) is 0 Å². The number of carbonyl (C=O) groups is 2. The molecule has 35 heavy (non-hydrogen) atoms. The molecule has 1 saturated heterocycles. The first-order valence-corrected chi connectivity index (χ1v) is 13.1. The van der Waals surface area contributed by atoms with Gasteiger partial charge in [-0.1, -0.05) is 35.9 Å². The van der Waals surface area contributed by atoms with E-state index in [4.69, 9.17) is 11.6 Å². The number of likely N-dealkylation sites (tertiary alicyclic amines) is 1. The van der Waals surface area contributed by atoms with E-state index in [9.17, 15) is 14.0 Å². The number of hydrogen-bond donors (Lipinski definition) is 0. The fourth-order valence-corrected chi connectivity index (χ4v) is 5.13. The quantitative estimate of drug-likeness (QED) is 0.369. The van der Waals surface area contributed by atoms with Crippen LogP contribution in [0.2, 0.25) is 5.02 Å². The second kappa shape index (κ2) is 12.3. The Bertz CT molecular complexity index is 1120. The number of benzene rings is 2. The molecular weight excluding hydrogens is 485 g/mol. The molecule has 0 aliphatic carbocycles. The second-order valence-corrected chi connectivity index (χ2v) is 10.2. The molecule has 0 bridgehead atoms. The Morgan fingerprint density at radius 2 is 1.74 bits per heavy atom. The number of hydrogen-bond acceptors (Lipinski definition) is 4. The van der Waals surface area contributed by atoms with Crippen LogP contribution in [0.1, 0.15) is 33.6 Å². The first-order valence-electron chi connectivity index (χ1n) is 11.8. The summed E-state index contributed by atoms with van der Waals surface area (Å²) in [5.41, 5.74) is 1.30. The highest BCUT2D eigenvalue weighted by atomic mass is 35.5. The first-order chi connectivity index (χ1) is 17.0. The molecule has 0 atom stereocenters. The number of halogens is 2. The van der Waals surface area contributed by atoms with Crippen molar-refractivity contribution in [2.75, 3.05) is 32.7 Å². The Labute approximate surface area is 214 Å². The van der Waals surface area contributed by atoms with Crippen molar-refractivity contribution in [1.82, 2.24) is 14.7 Å². The van der Waals surface area contributed by atoms with Crippen molar-refractivity contribution in [1.29, 1.82) is 0 Å². The summed E-state index contributed by atoms with van der Waals surface area (Å²) in [5, 5.41) is 2.46. The molecule has 1 aromatic heterocycles. The highest BCUT2D eigenvalue weighted by Crippen LogP contribution is 2.18. The minimum absolute atomic E-state index is 0.0360. The smallest absolute Gasteiger partial charge is 0.254 e. The van der Waals surface area contributed by atoms with Gasteiger partial charge in [0.25, 0.3) is 5.91 Å². The van der Waals surface area contributed by atoms with E-state index in [2.05, 4.69) is 4.90 Å². The van der Waals surface area contributed by atoms with E-state index in [1.54, 1.807) is 57.5 Å². The monoisotopic (exact) mass is 513 g/mol. The van der Waals surface area contributed by atoms with Gasteiger partial charge in [0.1, 0.15) is 12.4 Å². The summed E-state index contributed by atoms with van der Waals surface area (Å²) in [6.07, 6.45) is 2.32. The Hall–Kier alpha value is -2.74. The topological polar surface area (TPSA) is 43.9 Å². The van der Waals surface area contributed by atoms with Gasteiger partial charge in [0, 0.05) is 35.1 Å². The van der Waals surface area contributed by atoms with Crippen molar-refractivity contribution in [3.63, 3.8) is 0 Å². The normalized spacial score (nSPS) is 13.7. The zero-order chi connectivity index (χ0) is 24.6. The zero-order valence-corrected chi connectivity index (χ0v) is 21.1. The lowest BCUT2D eigenvalue weighted by molar-refractivity contribution is -0.133. The molecule has 4 rings (SSSR count). The summed E-state index contributed by atoms with van der Waals surface area (Å²) in [7, 11) is 0. The van der Waals surface area contributed by atoms with E-state index in [1.165, 1.54) is 12.1 Å². The van der Waals surface area contributed by atoms with Crippen molar-refractivity contribution >= 4 is 34.8 Å². The summed E-state index contributed by atoms with van der Waals surface area (Å²) in [6.45, 7) is 3.95. The van der Waals surface area contributed by atoms with Gasteiger partial charge in [-0.2, -0.15) is 0 Å². The molecule has 1 aliphatic heterocycles. The molecule has 2 heterocycles. The van der Waals surface area contributed by atoms with Crippen LogP contribution in [-0.4, -0.2) is 59.2 Å². The number of carbonyl (C=O) groups excluding carboxylic acids is 2. The second-order valence-electron chi connectivity index (χ2n) is 8.74. The van der Waals surface area contributed by atoms with Crippen LogP contribution in [0.5, 0.6) is 0 Å². The maximum atomic E-state index is 13.6. The third-order valence-corrected chi connectivity index (χ3v) is 7.23. The predicted octanol–water partition coefficient (Wildman–Crippen LogP) is 5.31. The lowest BCUT2D eigenvalue weighted by Crippen LogP contribution is -2.45. The molecule has 2 aromatic carbocycles. The van der Waals surface area contributed by atoms with Crippen LogP contribution >= 0.6 is 22.9 Å². The fourth-order valence-electron chi connectivity index (χ4n) is 4.22. The summed E-state index contributed by atoms with van der Waals surface area (Å²) < 4.78 is 13.4. The lowest BCUT2D eigenvalue weighted by atomic mass is 10.2. The van der Waals surface area contributed by atoms with Crippen LogP contribution in [0.4, 0.5) is 4.39 Å². The van der Waals surface area contributed by atoms with E-state index >= 15 is 0 Å². The largest absolute Gasteiger partial charge is 0.332 e. The molecule has 2 amide bonds. The minimum Gasteiger partial charge on any atom is -0.332 e. The summed E-state index contributed by atoms with van der Waals surface area (Å²) in [4.78, 5) is 33.7. The van der Waals surface area contributed by atoms with Crippen LogP contribution in [0.15, 0.2) is 66.0 Å². The van der Waals surface area contributed by atoms with Crippen LogP contribution < -0.4 is 0 Å². The summed E-state index contributed by atoms with van der Waals surface area (Å²) in [5.74, 6) is -0.678. The number of nitrogens with zero attached hydrogens (tertiary/aromatic N) is 3. The number of thiophene rings is 1. The maximum Gasteiger partial charge on any atom is 0.254 e. The minimum atomic E-state index is -0.315.